The number of hydrogen-bond acceptors (Lipinski definition) is 5. The van der Waals surface area contributed by atoms with Gasteiger partial charge in [0, 0.05) is 27.7 Å². The highest BCUT2D eigenvalue weighted by Crippen LogP contribution is 2.33. The molecule has 0 fully saturated rings. The van der Waals surface area contributed by atoms with Crippen LogP contribution in [0.3, 0.4) is 0 Å². The number of carbonyl (C=O) groups excluding carboxylic acids is 2. The van der Waals surface area contributed by atoms with E-state index in [-0.39, 0.29) is 47.9 Å². The second-order valence-corrected chi connectivity index (χ2v) is 13.0. The van der Waals surface area contributed by atoms with Crippen LogP contribution in [-0.4, -0.2) is 50.4 Å². The molecule has 1 N–H and O–H groups in total. The number of amides is 2. The third kappa shape index (κ3) is 8.79. The zero-order valence-corrected chi connectivity index (χ0v) is 27.6. The van der Waals surface area contributed by atoms with Gasteiger partial charge in [-0.25, -0.2) is 8.42 Å². The lowest BCUT2D eigenvalue weighted by molar-refractivity contribution is -0.140. The molecule has 0 aliphatic heterocycles. The summed E-state index contributed by atoms with van der Waals surface area (Å²) in [5, 5.41) is 4.04. The summed E-state index contributed by atoms with van der Waals surface area (Å²) in [5.74, 6) is -0.678. The molecule has 43 heavy (non-hydrogen) atoms. The maximum absolute atomic E-state index is 14.3. The third-order valence-corrected chi connectivity index (χ3v) is 9.47. The van der Waals surface area contributed by atoms with Crippen LogP contribution in [-0.2, 0) is 26.2 Å². The van der Waals surface area contributed by atoms with Gasteiger partial charge in [0.25, 0.3) is 10.0 Å². The molecule has 0 aliphatic carbocycles. The average Bonchev–Trinajstić information content (AvgIpc) is 2.97. The van der Waals surface area contributed by atoms with Crippen molar-refractivity contribution in [2.75, 3.05) is 17.5 Å². The number of rotatable bonds is 14. The number of anilines is 1. The summed E-state index contributed by atoms with van der Waals surface area (Å²) in [4.78, 5) is 29.0. The first-order chi connectivity index (χ1) is 20.4. The summed E-state index contributed by atoms with van der Waals surface area (Å²) in [6.07, 6.45) is 0.971. The van der Waals surface area contributed by atoms with Gasteiger partial charge in [-0.05, 0) is 80.8 Å². The van der Waals surface area contributed by atoms with Crippen LogP contribution in [0.25, 0.3) is 0 Å². The van der Waals surface area contributed by atoms with Crippen molar-refractivity contribution in [3.05, 3.63) is 87.4 Å². The van der Waals surface area contributed by atoms with E-state index in [2.05, 4.69) is 5.32 Å². The maximum atomic E-state index is 14.3. The van der Waals surface area contributed by atoms with Crippen LogP contribution in [0.15, 0.2) is 71.6 Å². The lowest BCUT2D eigenvalue weighted by Crippen LogP contribution is -2.53. The van der Waals surface area contributed by atoms with E-state index in [0.717, 1.165) is 4.31 Å². The van der Waals surface area contributed by atoms with Gasteiger partial charge in [0.15, 0.2) is 0 Å². The number of benzene rings is 3. The van der Waals surface area contributed by atoms with Gasteiger partial charge < -0.3 is 15.0 Å². The average molecular weight is 669 g/mol. The predicted octanol–water partition coefficient (Wildman–Crippen LogP) is 6.96. The first-order valence-electron chi connectivity index (χ1n) is 14.0. The van der Waals surface area contributed by atoms with Crippen molar-refractivity contribution in [1.82, 2.24) is 10.2 Å². The molecule has 3 aromatic carbocycles. The number of carbonyl (C=O) groups is 2. The minimum Gasteiger partial charge on any atom is -0.492 e. The van der Waals surface area contributed by atoms with E-state index in [1.165, 1.54) is 29.2 Å². The Labute approximate surface area is 268 Å². The largest absolute Gasteiger partial charge is 0.492 e. The van der Waals surface area contributed by atoms with Crippen LogP contribution in [0, 0.1) is 0 Å². The van der Waals surface area contributed by atoms with E-state index in [0.29, 0.717) is 27.1 Å². The van der Waals surface area contributed by atoms with Crippen molar-refractivity contribution in [2.45, 2.75) is 64.1 Å². The molecule has 0 aliphatic rings. The standard InChI is InChI=1S/C31H36Cl3N3O5S/c1-5-21(4)35-31(39)27(6-2)36(19-22-12-13-24(33)18-26(22)34)30(38)20-37(28-10-8-9-11-29(28)42-7-3)43(40,41)25-16-14-23(32)15-17-25/h8-18,21,27H,5-7,19-20H2,1-4H3,(H,35,39)/t21-,27-/m0/s1. The number of ether oxygens (including phenoxy) is 1. The fourth-order valence-electron chi connectivity index (χ4n) is 4.38. The zero-order chi connectivity index (χ0) is 31.7. The van der Waals surface area contributed by atoms with Crippen LogP contribution in [0.4, 0.5) is 5.69 Å². The van der Waals surface area contributed by atoms with Crippen molar-refractivity contribution in [3.8, 4) is 5.75 Å². The Hall–Kier alpha value is -2.98. The molecule has 12 heteroatoms. The zero-order valence-electron chi connectivity index (χ0n) is 24.5. The maximum Gasteiger partial charge on any atom is 0.264 e. The first-order valence-corrected chi connectivity index (χ1v) is 16.5. The molecule has 0 aromatic heterocycles. The summed E-state index contributed by atoms with van der Waals surface area (Å²) >= 11 is 18.6. The smallest absolute Gasteiger partial charge is 0.264 e. The molecule has 0 saturated carbocycles. The summed E-state index contributed by atoms with van der Waals surface area (Å²) < 4.78 is 35.0. The number of para-hydroxylation sites is 2. The van der Waals surface area contributed by atoms with E-state index >= 15 is 0 Å². The van der Waals surface area contributed by atoms with Gasteiger partial charge >= 0.3 is 0 Å². The van der Waals surface area contributed by atoms with Gasteiger partial charge in [-0.1, -0.05) is 66.8 Å². The van der Waals surface area contributed by atoms with Crippen molar-refractivity contribution in [1.29, 1.82) is 0 Å². The van der Waals surface area contributed by atoms with Crippen molar-refractivity contribution in [2.24, 2.45) is 0 Å². The monoisotopic (exact) mass is 667 g/mol. The molecule has 0 radical (unpaired) electrons. The van der Waals surface area contributed by atoms with Crippen molar-refractivity contribution in [3.63, 3.8) is 0 Å². The molecule has 0 saturated heterocycles. The Kier molecular flexibility index (Phi) is 12.6. The fourth-order valence-corrected chi connectivity index (χ4v) is 6.40. The molecule has 0 spiro atoms. The molecule has 232 valence electrons. The molecule has 8 nitrogen and oxygen atoms in total. The third-order valence-electron chi connectivity index (χ3n) is 6.86. The minimum absolute atomic E-state index is 0.0524. The Morgan fingerprint density at radius 2 is 1.56 bits per heavy atom. The van der Waals surface area contributed by atoms with Gasteiger partial charge in [0.05, 0.1) is 17.2 Å². The summed E-state index contributed by atoms with van der Waals surface area (Å²) in [5.41, 5.74) is 0.727. The van der Waals surface area contributed by atoms with Crippen LogP contribution in [0.2, 0.25) is 15.1 Å². The highest BCUT2D eigenvalue weighted by atomic mass is 35.5. The number of nitrogens with one attached hydrogen (secondary N) is 1. The van der Waals surface area contributed by atoms with Crippen molar-refractivity contribution < 1.29 is 22.7 Å². The Bertz CT molecular complexity index is 1520. The first kappa shape index (κ1) is 34.5. The van der Waals surface area contributed by atoms with Crippen molar-refractivity contribution >= 4 is 62.3 Å². The topological polar surface area (TPSA) is 96.0 Å². The highest BCUT2D eigenvalue weighted by molar-refractivity contribution is 7.92. The predicted molar refractivity (Wildman–Crippen MR) is 173 cm³/mol. The van der Waals surface area contributed by atoms with Crippen LogP contribution in [0.5, 0.6) is 5.75 Å². The summed E-state index contributed by atoms with van der Waals surface area (Å²) in [6, 6.07) is 16.1. The molecule has 0 heterocycles. The van der Waals surface area contributed by atoms with Crippen LogP contribution >= 0.6 is 34.8 Å². The number of halogens is 3. The van der Waals surface area contributed by atoms with Gasteiger partial charge in [0.1, 0.15) is 18.3 Å². The normalized spacial score (nSPS) is 12.7. The number of nitrogens with zero attached hydrogens (tertiary/aromatic N) is 2. The Balaban J connectivity index is 2.13. The number of hydrogen-bond donors (Lipinski definition) is 1. The van der Waals surface area contributed by atoms with Gasteiger partial charge in [-0.15, -0.1) is 0 Å². The summed E-state index contributed by atoms with van der Waals surface area (Å²) in [7, 11) is -4.30. The Morgan fingerprint density at radius 3 is 2.16 bits per heavy atom. The molecular formula is C31H36Cl3N3O5S. The van der Waals surface area contributed by atoms with E-state index in [4.69, 9.17) is 39.5 Å². The second kappa shape index (κ2) is 15.7. The number of sulfonamides is 1. The lowest BCUT2D eigenvalue weighted by atomic mass is 10.1. The highest BCUT2D eigenvalue weighted by Gasteiger charge is 2.35. The van der Waals surface area contributed by atoms with Crippen LogP contribution in [0.1, 0.15) is 46.1 Å². The van der Waals surface area contributed by atoms with E-state index in [9.17, 15) is 18.0 Å². The van der Waals surface area contributed by atoms with Gasteiger partial charge in [-0.2, -0.15) is 0 Å². The van der Waals surface area contributed by atoms with E-state index < -0.39 is 28.5 Å². The molecule has 2 amide bonds. The van der Waals surface area contributed by atoms with Gasteiger partial charge in [0.2, 0.25) is 11.8 Å². The molecule has 0 bridgehead atoms. The SMILES string of the molecule is CCOc1ccccc1N(CC(=O)N(Cc1ccc(Cl)cc1Cl)[C@@H](CC)C(=O)N[C@@H](C)CC)S(=O)(=O)c1ccc(Cl)cc1. The Morgan fingerprint density at radius 1 is 0.907 bits per heavy atom. The lowest BCUT2D eigenvalue weighted by Gasteiger charge is -2.34. The minimum atomic E-state index is -4.30. The molecule has 3 rings (SSSR count). The molecule has 0 unspecified atom stereocenters. The van der Waals surface area contributed by atoms with Gasteiger partial charge in [-0.3, -0.25) is 13.9 Å². The van der Waals surface area contributed by atoms with E-state index in [1.54, 1.807) is 56.3 Å². The summed E-state index contributed by atoms with van der Waals surface area (Å²) in [6.45, 7) is 6.98. The molecular weight excluding hydrogens is 633 g/mol. The second-order valence-electron chi connectivity index (χ2n) is 9.87. The molecule has 2 atom stereocenters. The van der Waals surface area contributed by atoms with Crippen LogP contribution < -0.4 is 14.4 Å². The fraction of sp³-hybridized carbons (Fsp3) is 0.355. The van der Waals surface area contributed by atoms with E-state index in [1.807, 2.05) is 13.8 Å². The molecule has 3 aromatic rings. The quantitative estimate of drug-likeness (QED) is 0.200.